The smallest absolute Gasteiger partial charge is 0.266 e. The number of amides is 1. The van der Waals surface area contributed by atoms with E-state index in [4.69, 9.17) is 9.47 Å². The molecule has 0 heterocycles. The van der Waals surface area contributed by atoms with E-state index in [-0.39, 0.29) is 11.3 Å². The molecular weight excluding hydrogens is 396 g/mol. The summed E-state index contributed by atoms with van der Waals surface area (Å²) < 4.78 is 10.6. The molecule has 0 fully saturated rings. The van der Waals surface area contributed by atoms with Gasteiger partial charge in [-0.1, -0.05) is 36.4 Å². The van der Waals surface area contributed by atoms with Crippen molar-refractivity contribution in [2.75, 3.05) is 18.5 Å². The lowest BCUT2D eigenvalue weighted by Crippen LogP contribution is -2.29. The number of nitriles is 1. The number of hydrogen-bond donors (Lipinski definition) is 1. The molecule has 3 aromatic rings. The van der Waals surface area contributed by atoms with Crippen molar-refractivity contribution >= 4 is 34.4 Å². The van der Waals surface area contributed by atoms with Crippen molar-refractivity contribution in [3.05, 3.63) is 71.8 Å². The van der Waals surface area contributed by atoms with Gasteiger partial charge in [-0.2, -0.15) is 5.26 Å². The number of hydrogen-bond acceptors (Lipinski definition) is 6. The van der Waals surface area contributed by atoms with E-state index in [0.29, 0.717) is 23.6 Å². The maximum atomic E-state index is 12.6. The molecule has 7 heteroatoms. The first-order valence-corrected chi connectivity index (χ1v) is 9.51. The Morgan fingerprint density at radius 1 is 1.03 bits per heavy atom. The van der Waals surface area contributed by atoms with Gasteiger partial charge in [0.05, 0.1) is 12.6 Å². The first-order valence-electron chi connectivity index (χ1n) is 9.51. The highest BCUT2D eigenvalue weighted by molar-refractivity contribution is 6.10. The molecule has 3 rings (SSSR count). The zero-order valence-electron chi connectivity index (χ0n) is 16.8. The fourth-order valence-electron chi connectivity index (χ4n) is 2.92. The Labute approximate surface area is 179 Å². The molecule has 0 saturated heterocycles. The third-order valence-corrected chi connectivity index (χ3v) is 4.30. The molecule has 1 N–H and O–H groups in total. The summed E-state index contributed by atoms with van der Waals surface area (Å²) in [7, 11) is 0. The SMILES string of the molecule is CCOc1cc(/C=C(\C#N)C(=O)Nc2ccc3ccccc3c2)ccc1OCC(=O)[O-]. The molecule has 156 valence electrons. The molecule has 0 saturated carbocycles. The van der Waals surface area contributed by atoms with Crippen LogP contribution in [-0.2, 0) is 9.59 Å². The molecule has 0 aromatic heterocycles. The summed E-state index contributed by atoms with van der Waals surface area (Å²) in [5.41, 5.74) is 0.999. The molecule has 1 amide bonds. The number of nitrogens with one attached hydrogen (secondary N) is 1. The fraction of sp³-hybridized carbons (Fsp3) is 0.125. The maximum Gasteiger partial charge on any atom is 0.266 e. The Kier molecular flexibility index (Phi) is 6.86. The number of ether oxygens (including phenoxy) is 2. The molecule has 31 heavy (non-hydrogen) atoms. The minimum absolute atomic E-state index is 0.0981. The van der Waals surface area contributed by atoms with E-state index in [2.05, 4.69) is 5.32 Å². The monoisotopic (exact) mass is 415 g/mol. The third kappa shape index (κ3) is 5.61. The molecule has 3 aromatic carbocycles. The van der Waals surface area contributed by atoms with Crippen molar-refractivity contribution in [3.8, 4) is 17.6 Å². The zero-order valence-corrected chi connectivity index (χ0v) is 16.8. The van der Waals surface area contributed by atoms with Crippen molar-refractivity contribution in [2.24, 2.45) is 0 Å². The van der Waals surface area contributed by atoms with E-state index in [9.17, 15) is 20.0 Å². The number of benzene rings is 3. The van der Waals surface area contributed by atoms with E-state index >= 15 is 0 Å². The molecule has 0 unspecified atom stereocenters. The van der Waals surface area contributed by atoms with Gasteiger partial charge in [-0.3, -0.25) is 4.79 Å². The Hall–Kier alpha value is -4.31. The molecule has 0 aliphatic rings. The summed E-state index contributed by atoms with van der Waals surface area (Å²) in [5, 5.41) is 24.8. The van der Waals surface area contributed by atoms with Crippen LogP contribution in [0.25, 0.3) is 16.8 Å². The summed E-state index contributed by atoms with van der Waals surface area (Å²) in [4.78, 5) is 23.2. The number of carbonyl (C=O) groups is 2. The molecule has 0 aliphatic heterocycles. The number of carbonyl (C=O) groups excluding carboxylic acids is 2. The predicted molar refractivity (Wildman–Crippen MR) is 114 cm³/mol. The Morgan fingerprint density at radius 2 is 1.81 bits per heavy atom. The van der Waals surface area contributed by atoms with E-state index in [1.54, 1.807) is 25.1 Å². The highest BCUT2D eigenvalue weighted by Crippen LogP contribution is 2.29. The van der Waals surface area contributed by atoms with Crippen LogP contribution < -0.4 is 19.9 Å². The van der Waals surface area contributed by atoms with Crippen LogP contribution in [0, 0.1) is 11.3 Å². The number of anilines is 1. The number of rotatable bonds is 8. The number of aliphatic carboxylic acids is 1. The average molecular weight is 415 g/mol. The summed E-state index contributed by atoms with van der Waals surface area (Å²) in [5.74, 6) is -1.39. The highest BCUT2D eigenvalue weighted by atomic mass is 16.5. The summed E-state index contributed by atoms with van der Waals surface area (Å²) in [6, 6.07) is 19.8. The lowest BCUT2D eigenvalue weighted by Gasteiger charge is -2.13. The minimum Gasteiger partial charge on any atom is -0.546 e. The molecular formula is C24H19N2O5-. The topological polar surface area (TPSA) is 111 Å². The van der Waals surface area contributed by atoms with E-state index in [1.165, 1.54) is 12.1 Å². The molecule has 0 atom stereocenters. The Morgan fingerprint density at radius 3 is 2.52 bits per heavy atom. The first kappa shape index (κ1) is 21.4. The standard InChI is InChI=1S/C24H20N2O5/c1-2-30-22-12-16(7-10-21(22)31-15-23(27)28)11-19(14-25)24(29)26-20-9-8-17-5-3-4-6-18(17)13-20/h3-13H,2,15H2,1H3,(H,26,29)(H,27,28)/p-1/b19-11+. The van der Waals surface area contributed by atoms with Crippen LogP contribution in [0.4, 0.5) is 5.69 Å². The number of nitrogens with zero attached hydrogens (tertiary/aromatic N) is 1. The lowest BCUT2D eigenvalue weighted by atomic mass is 10.1. The Bertz CT molecular complexity index is 1190. The van der Waals surface area contributed by atoms with Gasteiger partial charge in [0.2, 0.25) is 0 Å². The van der Waals surface area contributed by atoms with Crippen molar-refractivity contribution in [3.63, 3.8) is 0 Å². The molecule has 7 nitrogen and oxygen atoms in total. The number of fused-ring (bicyclic) bond motifs is 1. The predicted octanol–water partition coefficient (Wildman–Crippen LogP) is 2.91. The largest absolute Gasteiger partial charge is 0.546 e. The van der Waals surface area contributed by atoms with Crippen LogP contribution in [0.3, 0.4) is 0 Å². The van der Waals surface area contributed by atoms with Crippen molar-refractivity contribution in [2.45, 2.75) is 6.92 Å². The van der Waals surface area contributed by atoms with Crippen LogP contribution in [0.15, 0.2) is 66.2 Å². The second-order valence-electron chi connectivity index (χ2n) is 6.49. The average Bonchev–Trinajstić information content (AvgIpc) is 2.76. The highest BCUT2D eigenvalue weighted by Gasteiger charge is 2.12. The summed E-state index contributed by atoms with van der Waals surface area (Å²) in [6.45, 7) is 1.47. The van der Waals surface area contributed by atoms with Gasteiger partial charge in [0, 0.05) is 5.69 Å². The van der Waals surface area contributed by atoms with E-state index < -0.39 is 18.5 Å². The van der Waals surface area contributed by atoms with Gasteiger partial charge in [0.25, 0.3) is 5.91 Å². The molecule has 0 spiro atoms. The van der Waals surface area contributed by atoms with Crippen LogP contribution >= 0.6 is 0 Å². The molecule has 0 bridgehead atoms. The van der Waals surface area contributed by atoms with Gasteiger partial charge in [-0.25, -0.2) is 0 Å². The number of carboxylic acid groups (broad SMARTS) is 1. The molecule has 0 aliphatic carbocycles. The third-order valence-electron chi connectivity index (χ3n) is 4.30. The second kappa shape index (κ2) is 9.94. The maximum absolute atomic E-state index is 12.6. The quantitative estimate of drug-likeness (QED) is 0.447. The van der Waals surface area contributed by atoms with Crippen LogP contribution in [0.5, 0.6) is 11.5 Å². The second-order valence-corrected chi connectivity index (χ2v) is 6.49. The van der Waals surface area contributed by atoms with Gasteiger partial charge in [0.1, 0.15) is 18.2 Å². The lowest BCUT2D eigenvalue weighted by molar-refractivity contribution is -0.307. The van der Waals surface area contributed by atoms with Crippen LogP contribution in [0.1, 0.15) is 12.5 Å². The van der Waals surface area contributed by atoms with Gasteiger partial charge in [-0.05, 0) is 53.6 Å². The van der Waals surface area contributed by atoms with Crippen LogP contribution in [-0.4, -0.2) is 25.1 Å². The Balaban J connectivity index is 1.82. The van der Waals surface area contributed by atoms with Gasteiger partial charge < -0.3 is 24.7 Å². The number of carboxylic acids is 1. The summed E-state index contributed by atoms with van der Waals surface area (Å²) >= 11 is 0. The minimum atomic E-state index is -1.36. The van der Waals surface area contributed by atoms with Crippen molar-refractivity contribution < 1.29 is 24.2 Å². The van der Waals surface area contributed by atoms with E-state index in [1.807, 2.05) is 42.5 Å². The summed E-state index contributed by atoms with van der Waals surface area (Å²) in [6.07, 6.45) is 1.42. The van der Waals surface area contributed by atoms with Gasteiger partial charge in [-0.15, -0.1) is 0 Å². The normalized spacial score (nSPS) is 10.9. The zero-order chi connectivity index (χ0) is 22.2. The van der Waals surface area contributed by atoms with Gasteiger partial charge >= 0.3 is 0 Å². The van der Waals surface area contributed by atoms with Crippen LogP contribution in [0.2, 0.25) is 0 Å². The first-order chi connectivity index (χ1) is 15.0. The van der Waals surface area contributed by atoms with Crippen molar-refractivity contribution in [1.82, 2.24) is 0 Å². The fourth-order valence-corrected chi connectivity index (χ4v) is 2.92. The van der Waals surface area contributed by atoms with E-state index in [0.717, 1.165) is 10.8 Å². The van der Waals surface area contributed by atoms with Gasteiger partial charge in [0.15, 0.2) is 11.5 Å². The molecule has 0 radical (unpaired) electrons. The van der Waals surface area contributed by atoms with Crippen molar-refractivity contribution in [1.29, 1.82) is 5.26 Å².